The highest BCUT2D eigenvalue weighted by molar-refractivity contribution is 5.80. The van der Waals surface area contributed by atoms with Crippen LogP contribution in [0.15, 0.2) is 29.3 Å². The molecule has 0 unspecified atom stereocenters. The number of rotatable bonds is 7. The Hall–Kier alpha value is -2.64. The van der Waals surface area contributed by atoms with Crippen molar-refractivity contribution in [2.45, 2.75) is 13.3 Å². The van der Waals surface area contributed by atoms with Gasteiger partial charge in [0.2, 0.25) is 0 Å². The zero-order valence-electron chi connectivity index (χ0n) is 16.4. The van der Waals surface area contributed by atoms with Crippen LogP contribution in [-0.4, -0.2) is 81.9 Å². The summed E-state index contributed by atoms with van der Waals surface area (Å²) in [6, 6.07) is 7.55. The first-order chi connectivity index (χ1) is 13.2. The van der Waals surface area contributed by atoms with Gasteiger partial charge in [0.25, 0.3) is 0 Å². The van der Waals surface area contributed by atoms with Gasteiger partial charge in [0.15, 0.2) is 5.96 Å². The molecule has 1 aliphatic heterocycles. The monoisotopic (exact) mass is 378 g/mol. The fraction of sp³-hybridized carbons (Fsp3) is 0.579. The van der Waals surface area contributed by atoms with Crippen molar-refractivity contribution in [1.29, 1.82) is 0 Å². The smallest absolute Gasteiger partial charge is 0.409 e. The topological polar surface area (TPSA) is 75.6 Å². The van der Waals surface area contributed by atoms with Crippen LogP contribution in [0.4, 0.5) is 4.79 Å². The maximum absolute atomic E-state index is 11.8. The van der Waals surface area contributed by atoms with Crippen molar-refractivity contribution in [3.63, 3.8) is 0 Å². The van der Waals surface area contributed by atoms with Crippen LogP contribution in [0.1, 0.15) is 13.3 Å². The Kier molecular flexibility index (Phi) is 8.54. The lowest BCUT2D eigenvalue weighted by atomic mass is 10.3. The number of carbonyl (C=O) groups excluding carboxylic acids is 1. The maximum Gasteiger partial charge on any atom is 0.409 e. The average Bonchev–Trinajstić information content (AvgIpc) is 2.71. The van der Waals surface area contributed by atoms with Gasteiger partial charge in [0.1, 0.15) is 11.5 Å². The first-order valence-corrected chi connectivity index (χ1v) is 9.32. The van der Waals surface area contributed by atoms with E-state index in [1.165, 1.54) is 0 Å². The van der Waals surface area contributed by atoms with E-state index >= 15 is 0 Å². The van der Waals surface area contributed by atoms with Crippen LogP contribution in [0, 0.1) is 0 Å². The van der Waals surface area contributed by atoms with E-state index in [0.29, 0.717) is 26.3 Å². The van der Waals surface area contributed by atoms with Crippen LogP contribution in [0.25, 0.3) is 0 Å². The summed E-state index contributed by atoms with van der Waals surface area (Å²) < 4.78 is 15.9. The van der Waals surface area contributed by atoms with Crippen molar-refractivity contribution in [2.24, 2.45) is 4.99 Å². The summed E-state index contributed by atoms with van der Waals surface area (Å²) in [5.74, 6) is 2.49. The lowest BCUT2D eigenvalue weighted by molar-refractivity contribution is 0.0914. The third-order valence-electron chi connectivity index (χ3n) is 4.25. The van der Waals surface area contributed by atoms with Crippen molar-refractivity contribution >= 4 is 12.1 Å². The van der Waals surface area contributed by atoms with Crippen LogP contribution in [0.2, 0.25) is 0 Å². The van der Waals surface area contributed by atoms with Crippen molar-refractivity contribution in [3.05, 3.63) is 24.3 Å². The summed E-state index contributed by atoms with van der Waals surface area (Å²) in [5, 5.41) is 3.35. The number of hydrogen-bond donors (Lipinski definition) is 1. The van der Waals surface area contributed by atoms with Gasteiger partial charge in [-0.3, -0.25) is 4.99 Å². The molecular weight excluding hydrogens is 348 g/mol. The highest BCUT2D eigenvalue weighted by atomic mass is 16.6. The van der Waals surface area contributed by atoms with E-state index < -0.39 is 0 Å². The number of ether oxygens (including phenoxy) is 3. The Morgan fingerprint density at radius 1 is 1.11 bits per heavy atom. The standard InChI is InChI=1S/C19H30N4O4/c1-4-26-19(24)23-13-11-22(12-14-23)18(20-2)21-10-5-15-27-17-8-6-16(25-3)7-9-17/h6-9H,4-5,10-15H2,1-3H3,(H,20,21). The summed E-state index contributed by atoms with van der Waals surface area (Å²) in [4.78, 5) is 20.0. The molecule has 27 heavy (non-hydrogen) atoms. The van der Waals surface area contributed by atoms with E-state index in [0.717, 1.165) is 43.5 Å². The van der Waals surface area contributed by atoms with E-state index in [2.05, 4.69) is 15.2 Å². The number of amides is 1. The predicted octanol–water partition coefficient (Wildman–Crippen LogP) is 1.81. The van der Waals surface area contributed by atoms with Gasteiger partial charge in [0.05, 0.1) is 20.3 Å². The molecular formula is C19H30N4O4. The largest absolute Gasteiger partial charge is 0.497 e. The highest BCUT2D eigenvalue weighted by Gasteiger charge is 2.23. The Labute approximate surface area is 161 Å². The first-order valence-electron chi connectivity index (χ1n) is 9.32. The molecule has 1 heterocycles. The summed E-state index contributed by atoms with van der Waals surface area (Å²) in [5.41, 5.74) is 0. The number of methoxy groups -OCH3 is 1. The van der Waals surface area contributed by atoms with E-state index in [9.17, 15) is 4.79 Å². The number of aliphatic imine (C=N–C) groups is 1. The molecule has 0 atom stereocenters. The van der Waals surface area contributed by atoms with Gasteiger partial charge in [-0.1, -0.05) is 0 Å². The number of benzene rings is 1. The Balaban J connectivity index is 1.65. The third-order valence-corrected chi connectivity index (χ3v) is 4.25. The molecule has 1 aliphatic rings. The van der Waals surface area contributed by atoms with E-state index in [4.69, 9.17) is 14.2 Å². The van der Waals surface area contributed by atoms with Crippen LogP contribution in [0.5, 0.6) is 11.5 Å². The van der Waals surface area contributed by atoms with Gasteiger partial charge in [0, 0.05) is 39.8 Å². The lowest BCUT2D eigenvalue weighted by Crippen LogP contribution is -2.54. The molecule has 150 valence electrons. The average molecular weight is 378 g/mol. The molecule has 0 saturated carbocycles. The number of carbonyl (C=O) groups is 1. The Morgan fingerprint density at radius 2 is 1.74 bits per heavy atom. The minimum Gasteiger partial charge on any atom is -0.497 e. The second-order valence-electron chi connectivity index (χ2n) is 6.02. The Morgan fingerprint density at radius 3 is 2.33 bits per heavy atom. The molecule has 0 aliphatic carbocycles. The molecule has 0 aromatic heterocycles. The molecule has 1 aromatic carbocycles. The molecule has 1 amide bonds. The molecule has 2 rings (SSSR count). The number of nitrogens with zero attached hydrogens (tertiary/aromatic N) is 3. The van der Waals surface area contributed by atoms with E-state index in [1.807, 2.05) is 31.2 Å². The second-order valence-corrected chi connectivity index (χ2v) is 6.02. The van der Waals surface area contributed by atoms with Gasteiger partial charge in [-0.25, -0.2) is 4.79 Å². The fourth-order valence-corrected chi connectivity index (χ4v) is 2.78. The molecule has 0 bridgehead atoms. The summed E-state index contributed by atoms with van der Waals surface area (Å²) in [6.07, 6.45) is 0.615. The van der Waals surface area contributed by atoms with Gasteiger partial charge in [-0.15, -0.1) is 0 Å². The molecule has 8 nitrogen and oxygen atoms in total. The van der Waals surface area contributed by atoms with Gasteiger partial charge in [-0.05, 0) is 37.6 Å². The van der Waals surface area contributed by atoms with E-state index in [1.54, 1.807) is 19.1 Å². The number of nitrogens with one attached hydrogen (secondary N) is 1. The van der Waals surface area contributed by atoms with E-state index in [-0.39, 0.29) is 6.09 Å². The third kappa shape index (κ3) is 6.54. The molecule has 0 spiro atoms. The Bertz CT molecular complexity index is 598. The number of piperazine rings is 1. The first kappa shape index (κ1) is 20.7. The zero-order chi connectivity index (χ0) is 19.5. The summed E-state index contributed by atoms with van der Waals surface area (Å²) in [6.45, 7) is 6.36. The summed E-state index contributed by atoms with van der Waals surface area (Å²) in [7, 11) is 3.42. The molecule has 8 heteroatoms. The summed E-state index contributed by atoms with van der Waals surface area (Å²) >= 11 is 0. The quantitative estimate of drug-likeness (QED) is 0.443. The molecule has 1 fully saturated rings. The lowest BCUT2D eigenvalue weighted by Gasteiger charge is -2.35. The fourth-order valence-electron chi connectivity index (χ4n) is 2.78. The minimum atomic E-state index is -0.240. The van der Waals surface area contributed by atoms with Crippen molar-refractivity contribution in [3.8, 4) is 11.5 Å². The van der Waals surface area contributed by atoms with Gasteiger partial charge in [-0.2, -0.15) is 0 Å². The molecule has 0 radical (unpaired) electrons. The predicted molar refractivity (Wildman–Crippen MR) is 105 cm³/mol. The molecule has 1 aromatic rings. The van der Waals surface area contributed by atoms with Crippen molar-refractivity contribution in [1.82, 2.24) is 15.1 Å². The maximum atomic E-state index is 11.8. The number of hydrogen-bond acceptors (Lipinski definition) is 5. The molecule has 1 N–H and O–H groups in total. The minimum absolute atomic E-state index is 0.240. The van der Waals surface area contributed by atoms with Crippen molar-refractivity contribution < 1.29 is 19.0 Å². The highest BCUT2D eigenvalue weighted by Crippen LogP contribution is 2.16. The van der Waals surface area contributed by atoms with Gasteiger partial charge >= 0.3 is 6.09 Å². The van der Waals surface area contributed by atoms with Crippen molar-refractivity contribution in [2.75, 3.05) is 60.1 Å². The second kappa shape index (κ2) is 11.2. The van der Waals surface area contributed by atoms with Crippen LogP contribution < -0.4 is 14.8 Å². The van der Waals surface area contributed by atoms with Crippen LogP contribution in [-0.2, 0) is 4.74 Å². The molecule has 1 saturated heterocycles. The number of guanidine groups is 1. The van der Waals surface area contributed by atoms with Crippen LogP contribution in [0.3, 0.4) is 0 Å². The van der Waals surface area contributed by atoms with Crippen LogP contribution >= 0.6 is 0 Å². The normalized spacial score (nSPS) is 14.7. The zero-order valence-corrected chi connectivity index (χ0v) is 16.4. The SMILES string of the molecule is CCOC(=O)N1CCN(C(=NC)NCCCOc2ccc(OC)cc2)CC1. The van der Waals surface area contributed by atoms with Gasteiger partial charge < -0.3 is 29.3 Å².